The van der Waals surface area contributed by atoms with Gasteiger partial charge in [-0.2, -0.15) is 0 Å². The molecule has 0 radical (unpaired) electrons. The summed E-state index contributed by atoms with van der Waals surface area (Å²) in [5.41, 5.74) is 1.74. The van der Waals surface area contributed by atoms with E-state index in [0.29, 0.717) is 13.2 Å². The van der Waals surface area contributed by atoms with E-state index in [-0.39, 0.29) is 23.4 Å². The maximum absolute atomic E-state index is 11.7. The van der Waals surface area contributed by atoms with Crippen LogP contribution in [0.3, 0.4) is 0 Å². The van der Waals surface area contributed by atoms with Crippen LogP contribution in [0.1, 0.15) is 17.2 Å². The number of hydrogen-bond acceptors (Lipinski definition) is 7. The summed E-state index contributed by atoms with van der Waals surface area (Å²) < 4.78 is 4.98. The fraction of sp³-hybridized carbons (Fsp3) is 0.200. The number of anilines is 2. The lowest BCUT2D eigenvalue weighted by Gasteiger charge is -2.20. The zero-order chi connectivity index (χ0) is 19.8. The third kappa shape index (κ3) is 4.60. The maximum atomic E-state index is 11.7. The zero-order valence-corrected chi connectivity index (χ0v) is 15.4. The predicted octanol–water partition coefficient (Wildman–Crippen LogP) is 3.64. The van der Waals surface area contributed by atoms with Gasteiger partial charge in [-0.1, -0.05) is 60.7 Å². The van der Waals surface area contributed by atoms with E-state index in [1.807, 2.05) is 60.7 Å². The molecule has 3 rings (SSSR count). The van der Waals surface area contributed by atoms with Crippen LogP contribution in [0.4, 0.5) is 17.3 Å². The first-order chi connectivity index (χ1) is 13.7. The average molecular weight is 379 g/mol. The van der Waals surface area contributed by atoms with Crippen molar-refractivity contribution in [3.63, 3.8) is 0 Å². The minimum atomic E-state index is -0.482. The summed E-state index contributed by atoms with van der Waals surface area (Å²) in [6, 6.07) is 19.1. The van der Waals surface area contributed by atoms with Gasteiger partial charge in [-0.25, -0.2) is 9.97 Å². The quantitative estimate of drug-likeness (QED) is 0.332. The second-order valence-corrected chi connectivity index (χ2v) is 5.99. The molecular formula is C20H21N5O3. The third-order valence-electron chi connectivity index (χ3n) is 4.15. The van der Waals surface area contributed by atoms with Crippen LogP contribution in [-0.2, 0) is 4.74 Å². The molecule has 0 saturated carbocycles. The Labute approximate surface area is 162 Å². The maximum Gasteiger partial charge on any atom is 0.353 e. The lowest BCUT2D eigenvalue weighted by molar-refractivity contribution is -0.383. The van der Waals surface area contributed by atoms with Gasteiger partial charge in [0.1, 0.15) is 6.33 Å². The van der Waals surface area contributed by atoms with Crippen LogP contribution in [0.25, 0.3) is 0 Å². The first-order valence-corrected chi connectivity index (χ1v) is 8.79. The van der Waals surface area contributed by atoms with Gasteiger partial charge in [0, 0.05) is 13.7 Å². The van der Waals surface area contributed by atoms with Gasteiger partial charge in [-0.15, -0.1) is 0 Å². The van der Waals surface area contributed by atoms with Gasteiger partial charge in [0.25, 0.3) is 0 Å². The molecule has 0 unspecified atom stereocenters. The SMILES string of the molecule is COCCNc1ncnc(NC(c2ccccc2)c2ccccc2)c1[N+](=O)[O-]. The molecule has 144 valence electrons. The predicted molar refractivity (Wildman–Crippen MR) is 107 cm³/mol. The van der Waals surface area contributed by atoms with Crippen LogP contribution in [-0.4, -0.2) is 35.2 Å². The minimum absolute atomic E-state index is 0.151. The topological polar surface area (TPSA) is 102 Å². The van der Waals surface area contributed by atoms with E-state index in [2.05, 4.69) is 20.6 Å². The molecule has 2 N–H and O–H groups in total. The number of methoxy groups -OCH3 is 1. The van der Waals surface area contributed by atoms with Gasteiger partial charge < -0.3 is 15.4 Å². The second-order valence-electron chi connectivity index (χ2n) is 5.99. The monoisotopic (exact) mass is 379 g/mol. The number of nitrogens with zero attached hydrogens (tertiary/aromatic N) is 3. The van der Waals surface area contributed by atoms with Crippen molar-refractivity contribution < 1.29 is 9.66 Å². The number of rotatable bonds is 9. The molecule has 0 bridgehead atoms. The van der Waals surface area contributed by atoms with Crippen LogP contribution in [0.5, 0.6) is 0 Å². The number of aromatic nitrogens is 2. The summed E-state index contributed by atoms with van der Waals surface area (Å²) in [5.74, 6) is 0.303. The summed E-state index contributed by atoms with van der Waals surface area (Å²) in [4.78, 5) is 19.4. The van der Waals surface area contributed by atoms with E-state index in [1.54, 1.807) is 7.11 Å². The molecule has 3 aromatic rings. The van der Waals surface area contributed by atoms with Gasteiger partial charge in [0.15, 0.2) is 0 Å². The normalized spacial score (nSPS) is 10.6. The van der Waals surface area contributed by atoms with Crippen molar-refractivity contribution in [1.29, 1.82) is 0 Å². The highest BCUT2D eigenvalue weighted by Gasteiger charge is 2.25. The largest absolute Gasteiger partial charge is 0.383 e. The summed E-state index contributed by atoms with van der Waals surface area (Å²) in [6.07, 6.45) is 1.30. The standard InChI is InChI=1S/C20H21N5O3/c1-28-13-12-21-19-18(25(26)27)20(23-14-22-19)24-17(15-8-4-2-5-9-15)16-10-6-3-7-11-16/h2-11,14,17H,12-13H2,1H3,(H2,21,22,23,24). The molecule has 0 saturated heterocycles. The Kier molecular flexibility index (Phi) is 6.48. The van der Waals surface area contributed by atoms with Crippen molar-refractivity contribution in [2.75, 3.05) is 30.9 Å². The van der Waals surface area contributed by atoms with Crippen molar-refractivity contribution in [1.82, 2.24) is 9.97 Å². The second kappa shape index (κ2) is 9.43. The highest BCUT2D eigenvalue weighted by Crippen LogP contribution is 2.33. The van der Waals surface area contributed by atoms with Crippen molar-refractivity contribution >= 4 is 17.3 Å². The van der Waals surface area contributed by atoms with E-state index < -0.39 is 4.92 Å². The van der Waals surface area contributed by atoms with Gasteiger partial charge in [-0.05, 0) is 11.1 Å². The molecule has 2 aromatic carbocycles. The van der Waals surface area contributed by atoms with Gasteiger partial charge >= 0.3 is 5.69 Å². The summed E-state index contributed by atoms with van der Waals surface area (Å²) in [6.45, 7) is 0.801. The number of nitrogens with one attached hydrogen (secondary N) is 2. The Balaban J connectivity index is 1.99. The molecule has 0 amide bonds. The lowest BCUT2D eigenvalue weighted by atomic mass is 9.99. The Morgan fingerprint density at radius 2 is 1.57 bits per heavy atom. The Hall–Kier alpha value is -3.52. The minimum Gasteiger partial charge on any atom is -0.383 e. The molecule has 0 aliphatic heterocycles. The summed E-state index contributed by atoms with van der Waals surface area (Å²) in [5, 5.41) is 17.9. The number of nitro groups is 1. The van der Waals surface area contributed by atoms with Crippen molar-refractivity contribution in [3.05, 3.63) is 88.2 Å². The van der Waals surface area contributed by atoms with E-state index >= 15 is 0 Å². The van der Waals surface area contributed by atoms with Crippen molar-refractivity contribution in [3.8, 4) is 0 Å². The van der Waals surface area contributed by atoms with Crippen LogP contribution < -0.4 is 10.6 Å². The molecule has 8 nitrogen and oxygen atoms in total. The molecule has 0 aliphatic rings. The third-order valence-corrected chi connectivity index (χ3v) is 4.15. The molecule has 1 heterocycles. The average Bonchev–Trinajstić information content (AvgIpc) is 2.73. The zero-order valence-electron chi connectivity index (χ0n) is 15.4. The fourth-order valence-corrected chi connectivity index (χ4v) is 2.85. The van der Waals surface area contributed by atoms with E-state index in [0.717, 1.165) is 11.1 Å². The number of ether oxygens (including phenoxy) is 1. The summed E-state index contributed by atoms with van der Waals surface area (Å²) >= 11 is 0. The van der Waals surface area contributed by atoms with Crippen molar-refractivity contribution in [2.24, 2.45) is 0 Å². The van der Waals surface area contributed by atoms with Crippen LogP contribution in [0.15, 0.2) is 67.0 Å². The molecule has 28 heavy (non-hydrogen) atoms. The first kappa shape index (κ1) is 19.2. The molecule has 0 aliphatic carbocycles. The van der Waals surface area contributed by atoms with Gasteiger partial charge in [0.05, 0.1) is 17.6 Å². The van der Waals surface area contributed by atoms with E-state index in [4.69, 9.17) is 4.74 Å². The van der Waals surface area contributed by atoms with Gasteiger partial charge in [0.2, 0.25) is 11.6 Å². The van der Waals surface area contributed by atoms with Crippen LogP contribution >= 0.6 is 0 Å². The molecule has 0 spiro atoms. The Morgan fingerprint density at radius 3 is 2.11 bits per heavy atom. The van der Waals surface area contributed by atoms with Crippen LogP contribution in [0, 0.1) is 10.1 Å². The number of benzene rings is 2. The van der Waals surface area contributed by atoms with Gasteiger partial charge in [-0.3, -0.25) is 10.1 Å². The van der Waals surface area contributed by atoms with Crippen LogP contribution in [0.2, 0.25) is 0 Å². The fourth-order valence-electron chi connectivity index (χ4n) is 2.85. The van der Waals surface area contributed by atoms with E-state index in [9.17, 15) is 10.1 Å². The molecule has 8 heteroatoms. The Bertz CT molecular complexity index is 867. The molecular weight excluding hydrogens is 358 g/mol. The van der Waals surface area contributed by atoms with Crippen molar-refractivity contribution in [2.45, 2.75) is 6.04 Å². The Morgan fingerprint density at radius 1 is 1.00 bits per heavy atom. The molecule has 1 aromatic heterocycles. The lowest BCUT2D eigenvalue weighted by Crippen LogP contribution is -2.16. The molecule has 0 fully saturated rings. The van der Waals surface area contributed by atoms with E-state index in [1.165, 1.54) is 6.33 Å². The number of hydrogen-bond donors (Lipinski definition) is 2. The highest BCUT2D eigenvalue weighted by molar-refractivity contribution is 5.70. The molecule has 0 atom stereocenters. The smallest absolute Gasteiger partial charge is 0.353 e. The first-order valence-electron chi connectivity index (χ1n) is 8.79. The highest BCUT2D eigenvalue weighted by atomic mass is 16.6. The summed E-state index contributed by atoms with van der Waals surface area (Å²) in [7, 11) is 1.56.